The Hall–Kier alpha value is -5.63. The molecule has 17 nitrogen and oxygen atoms in total. The van der Waals surface area contributed by atoms with E-state index >= 15 is 0 Å². The number of carbonyl (C=O) groups excluding carboxylic acids is 7. The molecule has 0 saturated carbocycles. The van der Waals surface area contributed by atoms with Crippen molar-refractivity contribution in [3.8, 4) is 11.1 Å². The summed E-state index contributed by atoms with van der Waals surface area (Å²) >= 11 is 1.57. The zero-order valence-electron chi connectivity index (χ0n) is 37.8. The van der Waals surface area contributed by atoms with E-state index in [2.05, 4.69) is 56.2 Å². The van der Waals surface area contributed by atoms with E-state index < -0.39 is 45.6 Å². The number of nitrogens with zero attached hydrogens (tertiary/aromatic N) is 2. The molecule has 0 spiro atoms. The molecule has 7 amide bonds. The van der Waals surface area contributed by atoms with Crippen molar-refractivity contribution in [1.82, 2.24) is 35.8 Å². The fourth-order valence-electron chi connectivity index (χ4n) is 8.87. The number of sulfonamides is 1. The van der Waals surface area contributed by atoms with Gasteiger partial charge in [0, 0.05) is 56.5 Å². The molecule has 4 unspecified atom stereocenters. The standard InChI is InChI=1S/C48H60N8O9S2/c1-67(64,65)55-23-21-35(29-55)44(60)51-28-43(59)54-48-52-39(30-66-48)34-15-11-14-33(25-34)32-13-10-12-31(24-32)27-50-41(57)16-8-6-4-2-3-5-7-9-22-49-36-17-18-37-38(26-36)47(63)56(46(37)62)40-19-20-42(58)53-45(40)61/h10-15,17-18,24-26,35,39-40,48-49,52H,2-9,16,19-23,27-30H2,1H3,(H,50,57)(H,51,60)(H,54,59)(H,53,58,61). The van der Waals surface area contributed by atoms with Crippen LogP contribution in [0.15, 0.2) is 66.7 Å². The van der Waals surface area contributed by atoms with Crippen LogP contribution in [-0.4, -0.2) is 109 Å². The lowest BCUT2D eigenvalue weighted by molar-refractivity contribution is -0.136. The first kappa shape index (κ1) is 49.3. The Morgan fingerprint density at radius 2 is 1.51 bits per heavy atom. The highest BCUT2D eigenvalue weighted by molar-refractivity contribution is 8.00. The number of fused-ring (bicyclic) bond motifs is 1. The Balaban J connectivity index is 0.727. The van der Waals surface area contributed by atoms with Gasteiger partial charge in [0.25, 0.3) is 11.8 Å². The topological polar surface area (TPSA) is 232 Å². The normalized spacial score (nSPS) is 20.7. The van der Waals surface area contributed by atoms with Crippen LogP contribution in [0.25, 0.3) is 11.1 Å². The van der Waals surface area contributed by atoms with Crippen molar-refractivity contribution < 1.29 is 42.0 Å². The van der Waals surface area contributed by atoms with Crippen LogP contribution in [0.5, 0.6) is 0 Å². The summed E-state index contributed by atoms with van der Waals surface area (Å²) in [6.45, 7) is 1.40. The van der Waals surface area contributed by atoms with Gasteiger partial charge in [-0.2, -0.15) is 0 Å². The van der Waals surface area contributed by atoms with Gasteiger partial charge >= 0.3 is 0 Å². The van der Waals surface area contributed by atoms with Gasteiger partial charge in [0.15, 0.2) is 0 Å². The first-order chi connectivity index (χ1) is 32.2. The van der Waals surface area contributed by atoms with Gasteiger partial charge in [-0.25, -0.2) is 12.7 Å². The highest BCUT2D eigenvalue weighted by Gasteiger charge is 2.44. The number of hydrogen-bond donors (Lipinski definition) is 6. The molecular formula is C48H60N8O9S2. The summed E-state index contributed by atoms with van der Waals surface area (Å²) in [5, 5.41) is 17.6. The second-order valence-electron chi connectivity index (χ2n) is 17.6. The zero-order chi connectivity index (χ0) is 47.5. The van der Waals surface area contributed by atoms with Crippen molar-refractivity contribution in [1.29, 1.82) is 0 Å². The molecule has 0 bridgehead atoms. The second kappa shape index (κ2) is 22.9. The van der Waals surface area contributed by atoms with Gasteiger partial charge < -0.3 is 21.3 Å². The van der Waals surface area contributed by atoms with Crippen LogP contribution < -0.4 is 31.9 Å². The van der Waals surface area contributed by atoms with E-state index in [9.17, 15) is 42.0 Å². The SMILES string of the molecule is CS(=O)(=O)N1CCC(C(=O)NCC(=O)NC2NC(c3cccc(-c4cccc(CNC(=O)CCCCCCCCCCNc5ccc6c(c5)C(=O)N(C5CCC(=O)NC5=O)C6=O)c4)c3)CS2)C1. The van der Waals surface area contributed by atoms with Crippen LogP contribution in [0.3, 0.4) is 0 Å². The van der Waals surface area contributed by atoms with Gasteiger partial charge in [-0.15, -0.1) is 11.8 Å². The molecule has 4 aliphatic heterocycles. The second-order valence-corrected chi connectivity index (χ2v) is 20.8. The Bertz CT molecular complexity index is 2470. The maximum Gasteiger partial charge on any atom is 0.262 e. The number of amides is 7. The summed E-state index contributed by atoms with van der Waals surface area (Å²) in [6, 6.07) is 20.4. The summed E-state index contributed by atoms with van der Waals surface area (Å²) in [6.07, 6.45) is 10.5. The van der Waals surface area contributed by atoms with E-state index in [1.54, 1.807) is 30.0 Å². The van der Waals surface area contributed by atoms with Crippen molar-refractivity contribution in [2.24, 2.45) is 5.92 Å². The highest BCUT2D eigenvalue weighted by Crippen LogP contribution is 2.32. The van der Waals surface area contributed by atoms with E-state index in [0.29, 0.717) is 25.9 Å². The van der Waals surface area contributed by atoms with Crippen molar-refractivity contribution in [2.45, 2.75) is 101 Å². The third kappa shape index (κ3) is 13.3. The fourth-order valence-corrected chi connectivity index (χ4v) is 10.9. The van der Waals surface area contributed by atoms with Gasteiger partial charge in [0.1, 0.15) is 11.5 Å². The molecule has 3 aromatic rings. The zero-order valence-corrected chi connectivity index (χ0v) is 39.4. The number of hydrogen-bond acceptors (Lipinski definition) is 12. The quantitative estimate of drug-likeness (QED) is 0.0616. The molecule has 0 radical (unpaired) electrons. The first-order valence-electron chi connectivity index (χ1n) is 23.2. The number of unbranched alkanes of at least 4 members (excludes halogenated alkanes) is 7. The maximum atomic E-state index is 13.1. The van der Waals surface area contributed by atoms with Gasteiger partial charge in [0.2, 0.25) is 39.6 Å². The predicted molar refractivity (Wildman–Crippen MR) is 255 cm³/mol. The average molecular weight is 957 g/mol. The number of benzene rings is 3. The van der Waals surface area contributed by atoms with Crippen LogP contribution in [0.2, 0.25) is 0 Å². The number of anilines is 1. The lowest BCUT2D eigenvalue weighted by Gasteiger charge is -2.27. The number of imide groups is 2. The van der Waals surface area contributed by atoms with Crippen molar-refractivity contribution in [3.05, 3.63) is 89.0 Å². The molecular weight excluding hydrogens is 897 g/mol. The number of piperidine rings is 1. The third-order valence-electron chi connectivity index (χ3n) is 12.6. The molecule has 4 atom stereocenters. The molecule has 0 aliphatic carbocycles. The van der Waals surface area contributed by atoms with Gasteiger partial charge in [-0.3, -0.25) is 49.1 Å². The van der Waals surface area contributed by atoms with Gasteiger partial charge in [0.05, 0.1) is 29.8 Å². The lowest BCUT2D eigenvalue weighted by Crippen LogP contribution is -2.54. The smallest absolute Gasteiger partial charge is 0.262 e. The number of nitrogens with one attached hydrogen (secondary N) is 6. The van der Waals surface area contributed by atoms with Crippen LogP contribution in [0.4, 0.5) is 5.69 Å². The third-order valence-corrected chi connectivity index (χ3v) is 15.0. The predicted octanol–water partition coefficient (Wildman–Crippen LogP) is 4.17. The molecule has 358 valence electrons. The van der Waals surface area contributed by atoms with Crippen molar-refractivity contribution in [2.75, 3.05) is 43.5 Å². The monoisotopic (exact) mass is 956 g/mol. The lowest BCUT2D eigenvalue weighted by atomic mass is 9.98. The van der Waals surface area contributed by atoms with Gasteiger partial charge in [-0.05, 0) is 78.3 Å². The minimum absolute atomic E-state index is 0.000578. The molecule has 0 aromatic heterocycles. The minimum atomic E-state index is -3.35. The number of carbonyl (C=O) groups is 7. The van der Waals surface area contributed by atoms with Crippen LogP contribution >= 0.6 is 11.8 Å². The Morgan fingerprint density at radius 3 is 2.25 bits per heavy atom. The van der Waals surface area contributed by atoms with Crippen molar-refractivity contribution in [3.63, 3.8) is 0 Å². The Morgan fingerprint density at radius 1 is 0.791 bits per heavy atom. The minimum Gasteiger partial charge on any atom is -0.385 e. The number of thioether (sulfide) groups is 1. The van der Waals surface area contributed by atoms with Gasteiger partial charge in [-0.1, -0.05) is 74.9 Å². The molecule has 3 fully saturated rings. The van der Waals surface area contributed by atoms with E-state index in [-0.39, 0.29) is 66.3 Å². The van der Waals surface area contributed by atoms with Crippen LogP contribution in [0, 0.1) is 5.92 Å². The summed E-state index contributed by atoms with van der Waals surface area (Å²) in [5.41, 5.74) is 5.10. The molecule has 7 rings (SSSR count). The van der Waals surface area contributed by atoms with Crippen LogP contribution in [-0.2, 0) is 40.5 Å². The Kier molecular flexibility index (Phi) is 16.9. The molecule has 3 saturated heterocycles. The summed E-state index contributed by atoms with van der Waals surface area (Å²) in [7, 11) is -3.35. The highest BCUT2D eigenvalue weighted by atomic mass is 32.2. The fraction of sp³-hybridized carbons (Fsp3) is 0.479. The van der Waals surface area contributed by atoms with E-state index in [4.69, 9.17) is 0 Å². The summed E-state index contributed by atoms with van der Waals surface area (Å²) in [4.78, 5) is 88.7. The molecule has 3 aromatic carbocycles. The summed E-state index contributed by atoms with van der Waals surface area (Å²) in [5.74, 6) is -2.41. The molecule has 6 N–H and O–H groups in total. The van der Waals surface area contributed by atoms with E-state index in [1.807, 2.05) is 24.3 Å². The molecule has 4 heterocycles. The molecule has 67 heavy (non-hydrogen) atoms. The Labute approximate surface area is 395 Å². The molecule has 4 aliphatic rings. The first-order valence-corrected chi connectivity index (χ1v) is 26.1. The summed E-state index contributed by atoms with van der Waals surface area (Å²) < 4.78 is 24.8. The van der Waals surface area contributed by atoms with Crippen molar-refractivity contribution >= 4 is 68.8 Å². The molecule has 19 heteroatoms. The maximum absolute atomic E-state index is 13.1. The van der Waals surface area contributed by atoms with E-state index in [0.717, 1.165) is 103 Å². The number of rotatable bonds is 22. The average Bonchev–Trinajstić information content (AvgIpc) is 4.06. The van der Waals surface area contributed by atoms with E-state index in [1.165, 1.54) is 4.31 Å². The van der Waals surface area contributed by atoms with Crippen LogP contribution in [0.1, 0.15) is 115 Å². The largest absolute Gasteiger partial charge is 0.385 e.